The van der Waals surface area contributed by atoms with Crippen LogP contribution in [-0.2, 0) is 0 Å². The van der Waals surface area contributed by atoms with E-state index in [1.165, 1.54) is 4.88 Å². The van der Waals surface area contributed by atoms with Crippen molar-refractivity contribution >= 4 is 11.3 Å². The number of hydrogen-bond acceptors (Lipinski definition) is 5. The fourth-order valence-electron chi connectivity index (χ4n) is 2.27. The molecule has 1 aliphatic rings. The second kappa shape index (κ2) is 5.95. The van der Waals surface area contributed by atoms with Crippen LogP contribution in [0.25, 0.3) is 0 Å². The fourth-order valence-corrected chi connectivity index (χ4v) is 3.26. The molecule has 0 amide bonds. The van der Waals surface area contributed by atoms with E-state index >= 15 is 0 Å². The summed E-state index contributed by atoms with van der Waals surface area (Å²) in [5, 5.41) is 0. The SMILES string of the molecule is CCC(N)C(Oc1ccc2c(c1)OCO2)c1ccc(C)s1. The fraction of sp³-hybridized carbons (Fsp3) is 0.375. The molecule has 1 aromatic carbocycles. The average molecular weight is 305 g/mol. The summed E-state index contributed by atoms with van der Waals surface area (Å²) in [5.74, 6) is 2.23. The van der Waals surface area contributed by atoms with Gasteiger partial charge in [-0.25, -0.2) is 0 Å². The molecular weight excluding hydrogens is 286 g/mol. The van der Waals surface area contributed by atoms with Gasteiger partial charge in [-0.05, 0) is 37.6 Å². The highest BCUT2D eigenvalue weighted by Gasteiger charge is 2.23. The number of rotatable bonds is 5. The maximum atomic E-state index is 6.24. The Labute approximate surface area is 128 Å². The number of fused-ring (bicyclic) bond motifs is 1. The molecule has 0 fully saturated rings. The van der Waals surface area contributed by atoms with Crippen molar-refractivity contribution in [2.24, 2.45) is 5.73 Å². The molecule has 1 aromatic heterocycles. The normalized spacial score (nSPS) is 15.8. The van der Waals surface area contributed by atoms with Crippen molar-refractivity contribution in [1.82, 2.24) is 0 Å². The van der Waals surface area contributed by atoms with E-state index in [-0.39, 0.29) is 18.9 Å². The molecule has 0 aliphatic carbocycles. The van der Waals surface area contributed by atoms with E-state index in [4.69, 9.17) is 19.9 Å². The molecule has 2 heterocycles. The largest absolute Gasteiger partial charge is 0.483 e. The van der Waals surface area contributed by atoms with Crippen LogP contribution in [0.2, 0.25) is 0 Å². The molecule has 5 heteroatoms. The van der Waals surface area contributed by atoms with E-state index in [9.17, 15) is 0 Å². The zero-order valence-corrected chi connectivity index (χ0v) is 13.0. The average Bonchev–Trinajstić information content (AvgIpc) is 3.12. The minimum absolute atomic E-state index is 0.0477. The van der Waals surface area contributed by atoms with E-state index in [1.807, 2.05) is 18.2 Å². The topological polar surface area (TPSA) is 53.7 Å². The highest BCUT2D eigenvalue weighted by molar-refractivity contribution is 7.12. The first-order valence-corrected chi connectivity index (χ1v) is 7.87. The zero-order valence-electron chi connectivity index (χ0n) is 12.2. The maximum absolute atomic E-state index is 6.24. The monoisotopic (exact) mass is 305 g/mol. The summed E-state index contributed by atoms with van der Waals surface area (Å²) in [6.45, 7) is 4.42. The van der Waals surface area contributed by atoms with Crippen molar-refractivity contribution in [1.29, 1.82) is 0 Å². The summed E-state index contributed by atoms with van der Waals surface area (Å²) < 4.78 is 16.8. The predicted molar refractivity (Wildman–Crippen MR) is 83.3 cm³/mol. The lowest BCUT2D eigenvalue weighted by atomic mass is 10.1. The van der Waals surface area contributed by atoms with Crippen LogP contribution in [0.15, 0.2) is 30.3 Å². The molecule has 2 N–H and O–H groups in total. The second-order valence-corrected chi connectivity index (χ2v) is 6.39. The van der Waals surface area contributed by atoms with Crippen molar-refractivity contribution in [3.8, 4) is 17.2 Å². The second-order valence-electron chi connectivity index (χ2n) is 5.07. The Morgan fingerprint density at radius 1 is 1.24 bits per heavy atom. The number of hydrogen-bond donors (Lipinski definition) is 1. The van der Waals surface area contributed by atoms with E-state index in [0.717, 1.165) is 28.5 Å². The van der Waals surface area contributed by atoms with Crippen molar-refractivity contribution in [3.63, 3.8) is 0 Å². The quantitative estimate of drug-likeness (QED) is 0.916. The highest BCUT2D eigenvalue weighted by Crippen LogP contribution is 2.37. The smallest absolute Gasteiger partial charge is 0.231 e. The maximum Gasteiger partial charge on any atom is 0.231 e. The molecular formula is C16H19NO3S. The molecule has 2 atom stereocenters. The van der Waals surface area contributed by atoms with Gasteiger partial charge in [-0.3, -0.25) is 0 Å². The molecule has 4 nitrogen and oxygen atoms in total. The standard InChI is InChI=1S/C16H19NO3S/c1-3-12(17)16(15-7-4-10(2)21-15)20-11-5-6-13-14(8-11)19-9-18-13/h4-8,12,16H,3,9,17H2,1-2H3. The third kappa shape index (κ3) is 2.99. The summed E-state index contributed by atoms with van der Waals surface area (Å²) in [7, 11) is 0. The molecule has 0 radical (unpaired) electrons. The van der Waals surface area contributed by atoms with Crippen LogP contribution in [-0.4, -0.2) is 12.8 Å². The third-order valence-electron chi connectivity index (χ3n) is 3.51. The van der Waals surface area contributed by atoms with Crippen molar-refractivity contribution < 1.29 is 14.2 Å². The molecule has 0 bridgehead atoms. The summed E-state index contributed by atoms with van der Waals surface area (Å²) in [4.78, 5) is 2.41. The lowest BCUT2D eigenvalue weighted by molar-refractivity contribution is 0.169. The minimum Gasteiger partial charge on any atom is -0.483 e. The van der Waals surface area contributed by atoms with Crippen LogP contribution < -0.4 is 19.9 Å². The zero-order chi connectivity index (χ0) is 14.8. The first-order valence-electron chi connectivity index (χ1n) is 7.05. The van der Waals surface area contributed by atoms with Crippen LogP contribution in [0, 0.1) is 6.92 Å². The van der Waals surface area contributed by atoms with Gasteiger partial charge in [-0.15, -0.1) is 11.3 Å². The molecule has 0 spiro atoms. The number of benzene rings is 1. The van der Waals surface area contributed by atoms with Gasteiger partial charge in [0.15, 0.2) is 11.5 Å². The predicted octanol–water partition coefficient (Wildman–Crippen LogP) is 3.64. The van der Waals surface area contributed by atoms with Gasteiger partial charge >= 0.3 is 0 Å². The Morgan fingerprint density at radius 2 is 2.05 bits per heavy atom. The lowest BCUT2D eigenvalue weighted by Gasteiger charge is -2.23. The number of ether oxygens (including phenoxy) is 3. The molecule has 2 unspecified atom stereocenters. The number of thiophene rings is 1. The number of aryl methyl sites for hydroxylation is 1. The van der Waals surface area contributed by atoms with Gasteiger partial charge in [0.05, 0.1) is 0 Å². The Bertz CT molecular complexity index is 626. The summed E-state index contributed by atoms with van der Waals surface area (Å²) in [6, 6.07) is 9.76. The molecule has 1 aliphatic heterocycles. The third-order valence-corrected chi connectivity index (χ3v) is 4.57. The molecule has 0 saturated heterocycles. The number of nitrogens with two attached hydrogens (primary N) is 1. The van der Waals surface area contributed by atoms with Crippen molar-refractivity contribution in [2.45, 2.75) is 32.4 Å². The van der Waals surface area contributed by atoms with Crippen LogP contribution in [0.1, 0.15) is 29.2 Å². The van der Waals surface area contributed by atoms with Gasteiger partial charge in [-0.2, -0.15) is 0 Å². The highest BCUT2D eigenvalue weighted by atomic mass is 32.1. The molecule has 0 saturated carbocycles. The van der Waals surface area contributed by atoms with E-state index in [2.05, 4.69) is 26.0 Å². The summed E-state index contributed by atoms with van der Waals surface area (Å²) >= 11 is 1.72. The molecule has 2 aromatic rings. The van der Waals surface area contributed by atoms with Gasteiger partial charge in [0.25, 0.3) is 0 Å². The minimum atomic E-state index is -0.144. The Morgan fingerprint density at radius 3 is 2.76 bits per heavy atom. The summed E-state index contributed by atoms with van der Waals surface area (Å²) in [6.07, 6.45) is 0.709. The first-order chi connectivity index (χ1) is 10.2. The van der Waals surface area contributed by atoms with Crippen LogP contribution in [0.4, 0.5) is 0 Å². The van der Waals surface area contributed by atoms with Gasteiger partial charge in [0, 0.05) is 21.9 Å². The Hall–Kier alpha value is -1.72. The molecule has 21 heavy (non-hydrogen) atoms. The van der Waals surface area contributed by atoms with Crippen LogP contribution in [0.5, 0.6) is 17.2 Å². The first kappa shape index (κ1) is 14.2. The Balaban J connectivity index is 1.84. The van der Waals surface area contributed by atoms with Gasteiger partial charge < -0.3 is 19.9 Å². The van der Waals surface area contributed by atoms with E-state index in [1.54, 1.807) is 11.3 Å². The lowest BCUT2D eigenvalue weighted by Crippen LogP contribution is -2.30. The molecule has 112 valence electrons. The summed E-state index contributed by atoms with van der Waals surface area (Å²) in [5.41, 5.74) is 6.24. The van der Waals surface area contributed by atoms with Gasteiger partial charge in [0.2, 0.25) is 6.79 Å². The van der Waals surface area contributed by atoms with Crippen LogP contribution >= 0.6 is 11.3 Å². The van der Waals surface area contributed by atoms with Gasteiger partial charge in [-0.1, -0.05) is 6.92 Å². The van der Waals surface area contributed by atoms with E-state index in [0.29, 0.717) is 0 Å². The van der Waals surface area contributed by atoms with E-state index < -0.39 is 0 Å². The van der Waals surface area contributed by atoms with Crippen LogP contribution in [0.3, 0.4) is 0 Å². The van der Waals surface area contributed by atoms with Crippen molar-refractivity contribution in [2.75, 3.05) is 6.79 Å². The Kier molecular flexibility index (Phi) is 4.03. The van der Waals surface area contributed by atoms with Gasteiger partial charge in [0.1, 0.15) is 11.9 Å². The van der Waals surface area contributed by atoms with Crippen molar-refractivity contribution in [3.05, 3.63) is 40.1 Å². The molecule has 3 rings (SSSR count).